The molecule has 0 unspecified atom stereocenters. The third kappa shape index (κ3) is 6.25. The van der Waals surface area contributed by atoms with Crippen molar-refractivity contribution in [2.24, 2.45) is 0 Å². The first-order valence-corrected chi connectivity index (χ1v) is 15.4. The first kappa shape index (κ1) is 28.2. The van der Waals surface area contributed by atoms with Crippen LogP contribution >= 0.6 is 0 Å². The van der Waals surface area contributed by atoms with Crippen LogP contribution < -0.4 is 20.0 Å². The zero-order valence-electron chi connectivity index (χ0n) is 24.6. The lowest BCUT2D eigenvalue weighted by molar-refractivity contribution is 0.0809. The average molecular weight is 592 g/mol. The molecule has 0 amide bonds. The van der Waals surface area contributed by atoms with Gasteiger partial charge in [-0.05, 0) is 55.5 Å². The fourth-order valence-electron chi connectivity index (χ4n) is 6.82. The topological polar surface area (TPSA) is 69.2 Å². The van der Waals surface area contributed by atoms with Gasteiger partial charge in [-0.25, -0.2) is 23.8 Å². The average Bonchev–Trinajstić information content (AvgIpc) is 3.76. The van der Waals surface area contributed by atoms with Gasteiger partial charge in [-0.2, -0.15) is 0 Å². The standard InChI is InChI=1S/C32H39F2N7O2/c1-42-30-19-27(38-9-6-26(7-10-38)40-13-11-39(12-14-40)25-2-3-25)4-5-28(30)37-31-20-32(36-21-35-31)41-29(8-15-43-41)22-16-23(33)18-24(34)17-22/h4-5,16-21,25-26,29H,2-3,6-15H2,1H3,(H,35,36,37)/t29-/m1/s1. The molecule has 1 N–H and O–H groups in total. The molecule has 1 aromatic heterocycles. The monoisotopic (exact) mass is 591 g/mol. The number of benzene rings is 2. The number of piperazine rings is 1. The van der Waals surface area contributed by atoms with E-state index in [4.69, 9.17) is 9.57 Å². The summed E-state index contributed by atoms with van der Waals surface area (Å²) in [5.41, 5.74) is 2.43. The summed E-state index contributed by atoms with van der Waals surface area (Å²) in [6.07, 6.45) is 7.17. The molecule has 0 spiro atoms. The van der Waals surface area contributed by atoms with Crippen LogP contribution in [-0.2, 0) is 4.84 Å². The maximum absolute atomic E-state index is 13.9. The second-order valence-electron chi connectivity index (χ2n) is 12.0. The summed E-state index contributed by atoms with van der Waals surface area (Å²) in [6, 6.07) is 12.7. The van der Waals surface area contributed by atoms with Gasteiger partial charge in [0.1, 0.15) is 29.5 Å². The summed E-state index contributed by atoms with van der Waals surface area (Å²) >= 11 is 0. The molecule has 11 heteroatoms. The zero-order chi connectivity index (χ0) is 29.3. The highest BCUT2D eigenvalue weighted by atomic mass is 19.1. The predicted molar refractivity (Wildman–Crippen MR) is 162 cm³/mol. The van der Waals surface area contributed by atoms with Crippen molar-refractivity contribution < 1.29 is 18.4 Å². The fraction of sp³-hybridized carbons (Fsp3) is 0.500. The number of nitrogens with zero attached hydrogens (tertiary/aromatic N) is 6. The molecule has 1 saturated carbocycles. The molecule has 2 aromatic carbocycles. The van der Waals surface area contributed by atoms with Crippen LogP contribution in [0, 0.1) is 11.6 Å². The Balaban J connectivity index is 0.994. The van der Waals surface area contributed by atoms with Gasteiger partial charge in [0.15, 0.2) is 5.82 Å². The lowest BCUT2D eigenvalue weighted by Crippen LogP contribution is -2.53. The van der Waals surface area contributed by atoms with E-state index in [2.05, 4.69) is 42.1 Å². The molecule has 3 aliphatic heterocycles. The van der Waals surface area contributed by atoms with E-state index in [-0.39, 0.29) is 6.04 Å². The summed E-state index contributed by atoms with van der Waals surface area (Å²) in [5.74, 6) is 0.542. The van der Waals surface area contributed by atoms with E-state index in [9.17, 15) is 8.78 Å². The van der Waals surface area contributed by atoms with Crippen LogP contribution in [0.3, 0.4) is 0 Å². The Hall–Kier alpha value is -3.54. The van der Waals surface area contributed by atoms with Gasteiger partial charge in [0.2, 0.25) is 0 Å². The Morgan fingerprint density at radius 1 is 0.814 bits per heavy atom. The number of nitrogens with one attached hydrogen (secondary N) is 1. The Labute approximate surface area is 251 Å². The third-order valence-electron chi connectivity index (χ3n) is 9.26. The smallest absolute Gasteiger partial charge is 0.158 e. The predicted octanol–water partition coefficient (Wildman–Crippen LogP) is 5.14. The van der Waals surface area contributed by atoms with Crippen molar-refractivity contribution in [1.29, 1.82) is 0 Å². The Morgan fingerprint density at radius 3 is 2.19 bits per heavy atom. The second kappa shape index (κ2) is 12.2. The van der Waals surface area contributed by atoms with Crippen molar-refractivity contribution >= 4 is 23.0 Å². The molecule has 7 rings (SSSR count). The maximum atomic E-state index is 13.9. The molecule has 9 nitrogen and oxygen atoms in total. The minimum absolute atomic E-state index is 0.363. The molecule has 4 aliphatic rings. The summed E-state index contributed by atoms with van der Waals surface area (Å²) < 4.78 is 33.6. The lowest BCUT2D eigenvalue weighted by Gasteiger charge is -2.43. The number of aromatic nitrogens is 2. The summed E-state index contributed by atoms with van der Waals surface area (Å²) in [5, 5.41) is 4.94. The van der Waals surface area contributed by atoms with Gasteiger partial charge in [0, 0.05) is 81.7 Å². The van der Waals surface area contributed by atoms with Crippen LogP contribution in [0.1, 0.15) is 43.7 Å². The number of piperidine rings is 1. The van der Waals surface area contributed by atoms with Crippen molar-refractivity contribution in [3.05, 3.63) is 66.0 Å². The van der Waals surface area contributed by atoms with Crippen molar-refractivity contribution in [3.63, 3.8) is 0 Å². The zero-order valence-corrected chi connectivity index (χ0v) is 24.6. The number of halogens is 2. The van der Waals surface area contributed by atoms with Gasteiger partial charge in [-0.3, -0.25) is 14.6 Å². The van der Waals surface area contributed by atoms with Crippen LogP contribution in [0.4, 0.5) is 31.8 Å². The molecule has 1 aliphatic carbocycles. The fourth-order valence-corrected chi connectivity index (χ4v) is 6.82. The van der Waals surface area contributed by atoms with Crippen LogP contribution in [0.15, 0.2) is 48.8 Å². The van der Waals surface area contributed by atoms with E-state index in [0.29, 0.717) is 36.3 Å². The normalized spacial score (nSPS) is 22.3. The van der Waals surface area contributed by atoms with Crippen molar-refractivity contribution in [2.75, 3.05) is 68.3 Å². The lowest BCUT2D eigenvalue weighted by atomic mass is 10.0. The molecular weight excluding hydrogens is 552 g/mol. The highest BCUT2D eigenvalue weighted by Crippen LogP contribution is 2.37. The molecular formula is C32H39F2N7O2. The molecule has 3 aromatic rings. The Morgan fingerprint density at radius 2 is 1.51 bits per heavy atom. The van der Waals surface area contributed by atoms with Crippen molar-refractivity contribution in [2.45, 2.75) is 50.2 Å². The van der Waals surface area contributed by atoms with Gasteiger partial charge in [-0.15, -0.1) is 0 Å². The summed E-state index contributed by atoms with van der Waals surface area (Å²) in [4.78, 5) is 22.4. The van der Waals surface area contributed by atoms with Gasteiger partial charge >= 0.3 is 0 Å². The Kier molecular flexibility index (Phi) is 8.03. The van der Waals surface area contributed by atoms with Gasteiger partial charge < -0.3 is 15.0 Å². The maximum Gasteiger partial charge on any atom is 0.158 e. The largest absolute Gasteiger partial charge is 0.494 e. The minimum atomic E-state index is -0.617. The van der Waals surface area contributed by atoms with E-state index in [1.807, 2.05) is 6.07 Å². The van der Waals surface area contributed by atoms with Crippen molar-refractivity contribution in [1.82, 2.24) is 19.8 Å². The van der Waals surface area contributed by atoms with Crippen LogP contribution in [0.25, 0.3) is 0 Å². The van der Waals surface area contributed by atoms with Gasteiger partial charge in [-0.1, -0.05) is 0 Å². The molecule has 43 heavy (non-hydrogen) atoms. The van der Waals surface area contributed by atoms with E-state index < -0.39 is 11.6 Å². The van der Waals surface area contributed by atoms with E-state index >= 15 is 0 Å². The summed E-state index contributed by atoms with van der Waals surface area (Å²) in [6.45, 7) is 7.34. The Bertz CT molecular complexity index is 1400. The van der Waals surface area contributed by atoms with Gasteiger partial charge in [0.05, 0.1) is 25.4 Å². The van der Waals surface area contributed by atoms with Crippen molar-refractivity contribution in [3.8, 4) is 5.75 Å². The number of methoxy groups -OCH3 is 1. The second-order valence-corrected chi connectivity index (χ2v) is 12.0. The number of ether oxygens (including phenoxy) is 1. The SMILES string of the molecule is COc1cc(N2CCC(N3CCN(C4CC4)CC3)CC2)ccc1Nc1cc(N2OCC[C@@H]2c2cc(F)cc(F)c2)ncn1. The van der Waals surface area contributed by atoms with Gasteiger partial charge in [0.25, 0.3) is 0 Å². The van der Waals surface area contributed by atoms with E-state index in [0.717, 1.165) is 42.3 Å². The third-order valence-corrected chi connectivity index (χ3v) is 9.26. The molecule has 1 atom stereocenters. The van der Waals surface area contributed by atoms with E-state index in [1.54, 1.807) is 18.2 Å². The number of hydrogen-bond donors (Lipinski definition) is 1. The molecule has 0 radical (unpaired) electrons. The molecule has 4 heterocycles. The number of hydrogen-bond acceptors (Lipinski definition) is 9. The molecule has 0 bridgehead atoms. The van der Waals surface area contributed by atoms with Crippen LogP contribution in [0.5, 0.6) is 5.75 Å². The summed E-state index contributed by atoms with van der Waals surface area (Å²) in [7, 11) is 1.67. The first-order valence-electron chi connectivity index (χ1n) is 15.4. The minimum Gasteiger partial charge on any atom is -0.494 e. The van der Waals surface area contributed by atoms with E-state index in [1.165, 1.54) is 70.3 Å². The van der Waals surface area contributed by atoms with Crippen LogP contribution in [-0.4, -0.2) is 84.8 Å². The molecule has 3 saturated heterocycles. The molecule has 228 valence electrons. The highest BCUT2D eigenvalue weighted by Gasteiger charge is 2.34. The number of hydroxylamine groups is 1. The number of anilines is 4. The molecule has 4 fully saturated rings. The van der Waals surface area contributed by atoms with Crippen LogP contribution in [0.2, 0.25) is 0 Å². The quantitative estimate of drug-likeness (QED) is 0.384. The number of rotatable bonds is 8. The highest BCUT2D eigenvalue weighted by molar-refractivity contribution is 5.70. The first-order chi connectivity index (χ1) is 21.0.